The van der Waals surface area contributed by atoms with Gasteiger partial charge in [0, 0.05) is 27.7 Å². The van der Waals surface area contributed by atoms with Crippen LogP contribution in [-0.2, 0) is 0 Å². The van der Waals surface area contributed by atoms with Crippen molar-refractivity contribution in [2.45, 2.75) is 25.8 Å². The van der Waals surface area contributed by atoms with Gasteiger partial charge in [0.1, 0.15) is 28.7 Å². The van der Waals surface area contributed by atoms with E-state index in [2.05, 4.69) is 32.0 Å². The van der Waals surface area contributed by atoms with Crippen LogP contribution in [0, 0.1) is 42.4 Å². The van der Waals surface area contributed by atoms with Crippen molar-refractivity contribution in [2.75, 3.05) is 6.54 Å². The zero-order valence-corrected chi connectivity index (χ0v) is 19.9. The second-order valence-electron chi connectivity index (χ2n) is 9.24. The van der Waals surface area contributed by atoms with Crippen LogP contribution in [0.5, 0.6) is 5.75 Å². The van der Waals surface area contributed by atoms with Gasteiger partial charge in [-0.15, -0.1) is 0 Å². The summed E-state index contributed by atoms with van der Waals surface area (Å²) in [5.41, 5.74) is 1.32. The lowest BCUT2D eigenvalue weighted by Gasteiger charge is -2.20. The molecule has 8 heteroatoms. The predicted molar refractivity (Wildman–Crippen MR) is 135 cm³/mol. The van der Waals surface area contributed by atoms with E-state index in [1.807, 2.05) is 0 Å². The number of aromatic amines is 1. The molecule has 2 heterocycles. The quantitative estimate of drug-likeness (QED) is 0.255. The number of nitrogens with one attached hydrogen (secondary N) is 2. The van der Waals surface area contributed by atoms with Gasteiger partial charge < -0.3 is 20.3 Å². The summed E-state index contributed by atoms with van der Waals surface area (Å²) in [6, 6.07) is 12.0. The van der Waals surface area contributed by atoms with Crippen LogP contribution in [0.3, 0.4) is 0 Å². The molecule has 0 aliphatic heterocycles. The van der Waals surface area contributed by atoms with E-state index < -0.39 is 23.6 Å². The first-order chi connectivity index (χ1) is 17.8. The summed E-state index contributed by atoms with van der Waals surface area (Å²) in [7, 11) is 0. The molecule has 0 saturated heterocycles. The Morgan fingerprint density at radius 1 is 1.24 bits per heavy atom. The zero-order valence-electron chi connectivity index (χ0n) is 19.9. The number of H-pyrrole nitrogens is 1. The molecule has 1 saturated carbocycles. The smallest absolute Gasteiger partial charge is 0.270 e. The molecule has 5 rings (SSSR count). The Morgan fingerprint density at radius 2 is 2.03 bits per heavy atom. The monoisotopic (exact) mass is 496 g/mol. The number of hydrogen-bond acceptors (Lipinski definition) is 3. The van der Waals surface area contributed by atoms with Crippen molar-refractivity contribution in [1.29, 1.82) is 0 Å². The minimum absolute atomic E-state index is 0.0127. The number of para-hydroxylation sites is 1. The number of fused-ring (bicyclic) bond motifs is 1. The molecule has 0 radical (unpaired) electrons. The fourth-order valence-corrected chi connectivity index (χ4v) is 4.28. The lowest BCUT2D eigenvalue weighted by Crippen LogP contribution is -2.31. The van der Waals surface area contributed by atoms with Crippen LogP contribution in [0.1, 0.15) is 51.9 Å². The van der Waals surface area contributed by atoms with Crippen molar-refractivity contribution < 1.29 is 18.7 Å². The summed E-state index contributed by atoms with van der Waals surface area (Å²) in [6.07, 6.45) is 1.74. The number of benzene rings is 2. The highest BCUT2D eigenvalue weighted by molar-refractivity contribution is 5.93. The maximum Gasteiger partial charge on any atom is 0.270 e. The SMILES string of the molecule is [C-]#[N+]CC1(C#Cc2cc(C)nc(C(=O)NC(c3cc(F)ccc3O)c3[nH]c4ccccc4c3F)c2)CC1. The van der Waals surface area contributed by atoms with Gasteiger partial charge in [-0.3, -0.25) is 4.79 Å². The van der Waals surface area contributed by atoms with Crippen LogP contribution in [0.15, 0.2) is 54.6 Å². The number of aryl methyl sites for hydroxylation is 1. The van der Waals surface area contributed by atoms with Gasteiger partial charge in [0.2, 0.25) is 6.54 Å². The van der Waals surface area contributed by atoms with Crippen LogP contribution in [0.2, 0.25) is 0 Å². The molecule has 1 fully saturated rings. The number of phenols is 1. The number of aromatic nitrogens is 2. The van der Waals surface area contributed by atoms with E-state index in [4.69, 9.17) is 6.57 Å². The third-order valence-corrected chi connectivity index (χ3v) is 6.43. The Kier molecular flexibility index (Phi) is 6.11. The number of pyridine rings is 1. The molecule has 6 nitrogen and oxygen atoms in total. The van der Waals surface area contributed by atoms with Gasteiger partial charge in [-0.05, 0) is 62.2 Å². The summed E-state index contributed by atoms with van der Waals surface area (Å²) in [4.78, 5) is 24.1. The van der Waals surface area contributed by atoms with E-state index in [0.717, 1.165) is 31.0 Å². The van der Waals surface area contributed by atoms with E-state index in [-0.39, 0.29) is 28.1 Å². The first-order valence-electron chi connectivity index (χ1n) is 11.7. The van der Waals surface area contributed by atoms with Gasteiger partial charge in [-0.1, -0.05) is 24.0 Å². The van der Waals surface area contributed by atoms with Crippen LogP contribution >= 0.6 is 0 Å². The fraction of sp³-hybridized carbons (Fsp3) is 0.207. The van der Waals surface area contributed by atoms with Crippen molar-refractivity contribution >= 4 is 16.8 Å². The molecule has 1 amide bonds. The van der Waals surface area contributed by atoms with Crippen LogP contribution < -0.4 is 5.32 Å². The third kappa shape index (κ3) is 4.87. The maximum atomic E-state index is 15.4. The van der Waals surface area contributed by atoms with Crippen LogP contribution in [-0.4, -0.2) is 27.5 Å². The fourth-order valence-electron chi connectivity index (χ4n) is 4.28. The number of amides is 1. The first-order valence-corrected chi connectivity index (χ1v) is 11.7. The molecule has 1 aliphatic carbocycles. The van der Waals surface area contributed by atoms with E-state index in [1.54, 1.807) is 37.3 Å². The average Bonchev–Trinajstić information content (AvgIpc) is 3.57. The number of rotatable bonds is 5. The minimum atomic E-state index is -1.24. The molecular weight excluding hydrogens is 474 g/mol. The number of carbonyl (C=O) groups is 1. The van der Waals surface area contributed by atoms with Crippen LogP contribution in [0.4, 0.5) is 8.78 Å². The summed E-state index contributed by atoms with van der Waals surface area (Å²) in [5.74, 6) is 3.99. The van der Waals surface area contributed by atoms with E-state index >= 15 is 4.39 Å². The summed E-state index contributed by atoms with van der Waals surface area (Å²) >= 11 is 0. The van der Waals surface area contributed by atoms with Crippen LogP contribution in [0.25, 0.3) is 15.7 Å². The first kappa shape index (κ1) is 24.0. The average molecular weight is 497 g/mol. The second kappa shape index (κ2) is 9.40. The number of aromatic hydroxyl groups is 1. The normalized spacial score (nSPS) is 14.3. The predicted octanol–water partition coefficient (Wildman–Crippen LogP) is 5.43. The van der Waals surface area contributed by atoms with Crippen molar-refractivity contribution in [1.82, 2.24) is 15.3 Å². The summed E-state index contributed by atoms with van der Waals surface area (Å²) in [5, 5.41) is 13.5. The molecule has 3 N–H and O–H groups in total. The number of carbonyl (C=O) groups excluding carboxylic acids is 1. The number of hydrogen-bond donors (Lipinski definition) is 3. The van der Waals surface area contributed by atoms with Crippen molar-refractivity contribution in [3.05, 3.63) is 106 Å². The molecule has 2 aromatic heterocycles. The lowest BCUT2D eigenvalue weighted by molar-refractivity contribution is 0.0936. The van der Waals surface area contributed by atoms with Crippen molar-refractivity contribution in [3.8, 4) is 17.6 Å². The topological polar surface area (TPSA) is 82.4 Å². The van der Waals surface area contributed by atoms with E-state index in [0.29, 0.717) is 28.7 Å². The number of halogens is 2. The summed E-state index contributed by atoms with van der Waals surface area (Å²) in [6.45, 7) is 9.18. The number of phenolic OH excluding ortho intramolecular Hbond substituents is 1. The highest BCUT2D eigenvalue weighted by atomic mass is 19.1. The van der Waals surface area contributed by atoms with Gasteiger partial charge in [-0.25, -0.2) is 20.3 Å². The lowest BCUT2D eigenvalue weighted by atomic mass is 10.0. The number of nitrogens with zero attached hydrogens (tertiary/aromatic N) is 2. The Morgan fingerprint density at radius 3 is 2.76 bits per heavy atom. The Bertz CT molecular complexity index is 1640. The zero-order chi connectivity index (χ0) is 26.2. The molecule has 184 valence electrons. The molecule has 0 bridgehead atoms. The maximum absolute atomic E-state index is 15.4. The minimum Gasteiger partial charge on any atom is -0.508 e. The van der Waals surface area contributed by atoms with Crippen molar-refractivity contribution in [2.24, 2.45) is 5.41 Å². The second-order valence-corrected chi connectivity index (χ2v) is 9.24. The van der Waals surface area contributed by atoms with Gasteiger partial charge >= 0.3 is 0 Å². The largest absolute Gasteiger partial charge is 0.508 e. The molecular formula is C29H22F2N4O2. The molecule has 1 aliphatic rings. The van der Waals surface area contributed by atoms with Gasteiger partial charge in [0.15, 0.2) is 5.82 Å². The Labute approximate surface area is 212 Å². The standard InChI is InChI=1S/C29H22F2N4O2/c1-17-13-18(9-10-29(11-12-29)16-32-2)14-23(33-17)28(37)35-26(21-15-19(30)7-8-24(21)36)27-25(31)20-5-3-4-6-22(20)34-27/h3-8,13-15,26,34,36H,11-12,16H2,1H3,(H,35,37). The molecule has 0 spiro atoms. The third-order valence-electron chi connectivity index (χ3n) is 6.43. The van der Waals surface area contributed by atoms with Gasteiger partial charge in [0.05, 0.1) is 5.69 Å². The van der Waals surface area contributed by atoms with Gasteiger partial charge in [-0.2, -0.15) is 0 Å². The highest BCUT2D eigenvalue weighted by Gasteiger charge is 2.44. The molecule has 1 unspecified atom stereocenters. The van der Waals surface area contributed by atoms with E-state index in [1.165, 1.54) is 6.07 Å². The van der Waals surface area contributed by atoms with E-state index in [9.17, 15) is 14.3 Å². The van der Waals surface area contributed by atoms with Gasteiger partial charge in [0.25, 0.3) is 5.91 Å². The van der Waals surface area contributed by atoms with Crippen molar-refractivity contribution in [3.63, 3.8) is 0 Å². The summed E-state index contributed by atoms with van der Waals surface area (Å²) < 4.78 is 29.6. The molecule has 1 atom stereocenters. The Hall–Kier alpha value is -4.69. The Balaban J connectivity index is 1.53. The molecule has 37 heavy (non-hydrogen) atoms. The highest BCUT2D eigenvalue weighted by Crippen LogP contribution is 2.45. The molecule has 2 aromatic carbocycles. The molecule has 4 aromatic rings.